The van der Waals surface area contributed by atoms with Crippen molar-refractivity contribution in [3.63, 3.8) is 0 Å². The van der Waals surface area contributed by atoms with E-state index in [2.05, 4.69) is 15.2 Å². The number of guanidine groups is 1. The number of benzene rings is 2. The highest BCUT2D eigenvalue weighted by atomic mass is 16.5. The van der Waals surface area contributed by atoms with Crippen LogP contribution < -0.4 is 14.8 Å². The van der Waals surface area contributed by atoms with Crippen LogP contribution in [0.4, 0.5) is 0 Å². The van der Waals surface area contributed by atoms with Crippen LogP contribution in [0.25, 0.3) is 0 Å². The molecule has 0 atom stereocenters. The summed E-state index contributed by atoms with van der Waals surface area (Å²) in [4.78, 5) is 6.75. The van der Waals surface area contributed by atoms with Gasteiger partial charge in [0, 0.05) is 46.1 Å². The summed E-state index contributed by atoms with van der Waals surface area (Å²) in [5.41, 5.74) is 1.15. The second-order valence-electron chi connectivity index (χ2n) is 7.35. The molecule has 0 radical (unpaired) electrons. The standard InChI is InChI=1S/C24H33N3O3/c1-25-24(26-15-6-18-29-19-20-9-11-21(28-2)12-10-20)27-16-13-23(14-17-27)30-22-7-4-3-5-8-22/h3-5,7-12,23H,6,13-19H2,1-2H3,(H,25,26). The van der Waals surface area contributed by atoms with Crippen molar-refractivity contribution >= 4 is 5.96 Å². The number of rotatable bonds is 9. The summed E-state index contributed by atoms with van der Waals surface area (Å²) in [6.07, 6.45) is 3.21. The Morgan fingerprint density at radius 2 is 1.77 bits per heavy atom. The van der Waals surface area contributed by atoms with Crippen molar-refractivity contribution in [3.8, 4) is 11.5 Å². The maximum atomic E-state index is 6.08. The van der Waals surface area contributed by atoms with Crippen LogP contribution in [0.1, 0.15) is 24.8 Å². The molecule has 2 aromatic rings. The molecule has 0 aliphatic carbocycles. The van der Waals surface area contributed by atoms with E-state index >= 15 is 0 Å². The molecule has 162 valence electrons. The lowest BCUT2D eigenvalue weighted by molar-refractivity contribution is 0.118. The average Bonchev–Trinajstić information content (AvgIpc) is 2.80. The largest absolute Gasteiger partial charge is 0.497 e. The number of nitrogens with one attached hydrogen (secondary N) is 1. The smallest absolute Gasteiger partial charge is 0.193 e. The predicted molar refractivity (Wildman–Crippen MR) is 120 cm³/mol. The number of methoxy groups -OCH3 is 1. The van der Waals surface area contributed by atoms with Crippen molar-refractivity contribution in [1.29, 1.82) is 0 Å². The highest BCUT2D eigenvalue weighted by molar-refractivity contribution is 5.79. The van der Waals surface area contributed by atoms with Crippen molar-refractivity contribution < 1.29 is 14.2 Å². The Hall–Kier alpha value is -2.73. The minimum absolute atomic E-state index is 0.271. The second kappa shape index (κ2) is 12.1. The molecule has 6 nitrogen and oxygen atoms in total. The first kappa shape index (κ1) is 22.0. The van der Waals surface area contributed by atoms with Crippen LogP contribution in [0.2, 0.25) is 0 Å². The Morgan fingerprint density at radius 1 is 1.03 bits per heavy atom. The number of hydrogen-bond donors (Lipinski definition) is 1. The van der Waals surface area contributed by atoms with Gasteiger partial charge in [0.2, 0.25) is 0 Å². The first-order valence-electron chi connectivity index (χ1n) is 10.7. The first-order chi connectivity index (χ1) is 14.8. The molecule has 0 spiro atoms. The summed E-state index contributed by atoms with van der Waals surface area (Å²) in [6, 6.07) is 18.0. The van der Waals surface area contributed by atoms with Crippen molar-refractivity contribution in [2.45, 2.75) is 32.0 Å². The molecule has 0 bridgehead atoms. The van der Waals surface area contributed by atoms with Gasteiger partial charge in [-0.1, -0.05) is 30.3 Å². The number of likely N-dealkylation sites (tertiary alicyclic amines) is 1. The molecule has 1 heterocycles. The van der Waals surface area contributed by atoms with Crippen LogP contribution in [0.15, 0.2) is 59.6 Å². The van der Waals surface area contributed by atoms with Crippen molar-refractivity contribution in [2.24, 2.45) is 4.99 Å². The lowest BCUT2D eigenvalue weighted by Gasteiger charge is -2.34. The second-order valence-corrected chi connectivity index (χ2v) is 7.35. The first-order valence-corrected chi connectivity index (χ1v) is 10.7. The summed E-state index contributed by atoms with van der Waals surface area (Å²) in [5.74, 6) is 2.78. The summed E-state index contributed by atoms with van der Waals surface area (Å²) < 4.78 is 17.0. The Morgan fingerprint density at radius 3 is 2.43 bits per heavy atom. The van der Waals surface area contributed by atoms with Gasteiger partial charge in [-0.2, -0.15) is 0 Å². The molecule has 0 saturated carbocycles. The topological polar surface area (TPSA) is 55.3 Å². The molecular weight excluding hydrogens is 378 g/mol. The zero-order valence-corrected chi connectivity index (χ0v) is 18.0. The minimum Gasteiger partial charge on any atom is -0.497 e. The van der Waals surface area contributed by atoms with Gasteiger partial charge in [0.1, 0.15) is 17.6 Å². The van der Waals surface area contributed by atoms with Gasteiger partial charge in [0.25, 0.3) is 0 Å². The molecule has 3 rings (SSSR count). The van der Waals surface area contributed by atoms with Crippen LogP contribution in [0.5, 0.6) is 11.5 Å². The van der Waals surface area contributed by atoms with Gasteiger partial charge in [0.05, 0.1) is 13.7 Å². The van der Waals surface area contributed by atoms with E-state index in [1.54, 1.807) is 7.11 Å². The van der Waals surface area contributed by atoms with E-state index in [1.165, 1.54) is 0 Å². The van der Waals surface area contributed by atoms with Crippen molar-refractivity contribution in [3.05, 3.63) is 60.2 Å². The SMILES string of the molecule is CN=C(NCCCOCc1ccc(OC)cc1)N1CCC(Oc2ccccc2)CC1. The van der Waals surface area contributed by atoms with E-state index in [4.69, 9.17) is 14.2 Å². The molecule has 1 aliphatic rings. The lowest BCUT2D eigenvalue weighted by atomic mass is 10.1. The fraction of sp³-hybridized carbons (Fsp3) is 0.458. The Balaban J connectivity index is 1.29. The Kier molecular flexibility index (Phi) is 8.84. The summed E-state index contributed by atoms with van der Waals surface area (Å²) in [6.45, 7) is 4.07. The van der Waals surface area contributed by atoms with Crippen LogP contribution in [0, 0.1) is 0 Å². The monoisotopic (exact) mass is 411 g/mol. The van der Waals surface area contributed by atoms with Gasteiger partial charge in [0.15, 0.2) is 5.96 Å². The number of aliphatic imine (C=N–C) groups is 1. The number of hydrogen-bond acceptors (Lipinski definition) is 4. The highest BCUT2D eigenvalue weighted by Gasteiger charge is 2.22. The van der Waals surface area contributed by atoms with E-state index < -0.39 is 0 Å². The number of nitrogens with zero attached hydrogens (tertiary/aromatic N) is 2. The normalized spacial score (nSPS) is 15.1. The van der Waals surface area contributed by atoms with Crippen LogP contribution in [0.3, 0.4) is 0 Å². The van der Waals surface area contributed by atoms with Crippen molar-refractivity contribution in [2.75, 3.05) is 40.4 Å². The summed E-state index contributed by atoms with van der Waals surface area (Å²) >= 11 is 0. The molecule has 0 amide bonds. The Labute approximate surface area is 179 Å². The number of piperidine rings is 1. The van der Waals surface area contributed by atoms with Crippen LogP contribution in [-0.2, 0) is 11.3 Å². The Bertz CT molecular complexity index is 757. The van der Waals surface area contributed by atoms with Gasteiger partial charge in [-0.3, -0.25) is 4.99 Å². The molecule has 0 aromatic heterocycles. The van der Waals surface area contributed by atoms with E-state index in [9.17, 15) is 0 Å². The molecule has 2 aromatic carbocycles. The molecule has 1 aliphatic heterocycles. The van der Waals surface area contributed by atoms with Crippen LogP contribution >= 0.6 is 0 Å². The third-order valence-corrected chi connectivity index (χ3v) is 5.18. The number of para-hydroxylation sites is 1. The van der Waals surface area contributed by atoms with E-state index in [1.807, 2.05) is 61.6 Å². The summed E-state index contributed by atoms with van der Waals surface area (Å²) in [7, 11) is 3.52. The predicted octanol–water partition coefficient (Wildman–Crippen LogP) is 3.72. The fourth-order valence-corrected chi connectivity index (χ4v) is 3.50. The summed E-state index contributed by atoms with van der Waals surface area (Å²) in [5, 5.41) is 3.46. The molecule has 30 heavy (non-hydrogen) atoms. The van der Waals surface area contributed by atoms with E-state index in [0.717, 1.165) is 61.9 Å². The van der Waals surface area contributed by atoms with Gasteiger partial charge in [-0.05, 0) is 36.2 Å². The molecule has 0 unspecified atom stereocenters. The third-order valence-electron chi connectivity index (χ3n) is 5.18. The molecular formula is C24H33N3O3. The zero-order valence-electron chi connectivity index (χ0n) is 18.0. The van der Waals surface area contributed by atoms with Gasteiger partial charge >= 0.3 is 0 Å². The highest BCUT2D eigenvalue weighted by Crippen LogP contribution is 2.18. The van der Waals surface area contributed by atoms with Gasteiger partial charge in [-0.15, -0.1) is 0 Å². The molecule has 1 fully saturated rings. The van der Waals surface area contributed by atoms with E-state index in [-0.39, 0.29) is 6.10 Å². The molecule has 1 N–H and O–H groups in total. The maximum absolute atomic E-state index is 6.08. The third kappa shape index (κ3) is 6.95. The zero-order chi connectivity index (χ0) is 21.0. The molecule has 1 saturated heterocycles. The average molecular weight is 412 g/mol. The van der Waals surface area contributed by atoms with Gasteiger partial charge < -0.3 is 24.4 Å². The quantitative estimate of drug-likeness (QED) is 0.387. The lowest BCUT2D eigenvalue weighted by Crippen LogP contribution is -2.47. The fourth-order valence-electron chi connectivity index (χ4n) is 3.50. The van der Waals surface area contributed by atoms with Crippen molar-refractivity contribution in [1.82, 2.24) is 10.2 Å². The van der Waals surface area contributed by atoms with Crippen LogP contribution in [-0.4, -0.2) is 57.4 Å². The van der Waals surface area contributed by atoms with E-state index in [0.29, 0.717) is 13.2 Å². The maximum Gasteiger partial charge on any atom is 0.193 e. The van der Waals surface area contributed by atoms with Gasteiger partial charge in [-0.25, -0.2) is 0 Å². The number of ether oxygens (including phenoxy) is 3. The molecule has 6 heteroatoms. The minimum atomic E-state index is 0.271.